The maximum atomic E-state index is 11.8. The van der Waals surface area contributed by atoms with E-state index in [-0.39, 0.29) is 6.04 Å². The minimum atomic E-state index is -0.595. The predicted octanol–water partition coefficient (Wildman–Crippen LogP) is 2.83. The first-order valence-electron chi connectivity index (χ1n) is 8.68. The molecule has 1 aromatic heterocycles. The van der Waals surface area contributed by atoms with Gasteiger partial charge in [-0.3, -0.25) is 0 Å². The number of hydrogen-bond acceptors (Lipinski definition) is 3. The van der Waals surface area contributed by atoms with Crippen LogP contribution in [-0.4, -0.2) is 21.6 Å². The van der Waals surface area contributed by atoms with Gasteiger partial charge < -0.3 is 20.9 Å². The van der Waals surface area contributed by atoms with Crippen molar-refractivity contribution >= 4 is 23.2 Å². The van der Waals surface area contributed by atoms with E-state index in [0.717, 1.165) is 34.4 Å². The van der Waals surface area contributed by atoms with Crippen LogP contribution in [0.25, 0.3) is 5.57 Å². The number of rotatable bonds is 3. The van der Waals surface area contributed by atoms with Gasteiger partial charge in [0.15, 0.2) is 0 Å². The molecule has 0 saturated carbocycles. The van der Waals surface area contributed by atoms with Gasteiger partial charge in [0.25, 0.3) is 0 Å². The van der Waals surface area contributed by atoms with E-state index < -0.39 is 12.1 Å². The molecule has 0 bridgehead atoms. The van der Waals surface area contributed by atoms with Crippen LogP contribution in [0.1, 0.15) is 22.9 Å². The first-order chi connectivity index (χ1) is 13.0. The van der Waals surface area contributed by atoms with Crippen molar-refractivity contribution in [3.05, 3.63) is 82.6 Å². The first-order valence-corrected chi connectivity index (χ1v) is 9.06. The fourth-order valence-corrected chi connectivity index (χ4v) is 3.85. The van der Waals surface area contributed by atoms with Crippen LogP contribution in [0, 0.1) is 0 Å². The summed E-state index contributed by atoms with van der Waals surface area (Å²) in [6, 6.07) is 5.00. The minimum Gasteiger partial charge on any atom is -0.384 e. The lowest BCUT2D eigenvalue weighted by Gasteiger charge is -2.23. The van der Waals surface area contributed by atoms with Crippen molar-refractivity contribution in [2.75, 3.05) is 0 Å². The van der Waals surface area contributed by atoms with Crippen molar-refractivity contribution < 1.29 is 4.79 Å². The number of aryl methyl sites for hydroxylation is 1. The van der Waals surface area contributed by atoms with Crippen LogP contribution in [0.4, 0.5) is 4.79 Å². The average molecular weight is 382 g/mol. The van der Waals surface area contributed by atoms with E-state index in [1.165, 1.54) is 0 Å². The second-order valence-corrected chi connectivity index (χ2v) is 7.16. The number of carbonyl (C=O) groups excluding carboxylic acids is 1. The van der Waals surface area contributed by atoms with Gasteiger partial charge in [-0.2, -0.15) is 0 Å². The number of fused-ring (bicyclic) bond motifs is 2. The van der Waals surface area contributed by atoms with E-state index in [0.29, 0.717) is 5.02 Å². The number of primary amides is 1. The number of imidazole rings is 1. The van der Waals surface area contributed by atoms with Gasteiger partial charge >= 0.3 is 6.03 Å². The number of halogens is 1. The number of hydrogen-bond donors (Lipinski definition) is 3. The van der Waals surface area contributed by atoms with Crippen molar-refractivity contribution in [3.8, 4) is 0 Å². The van der Waals surface area contributed by atoms with Crippen molar-refractivity contribution in [1.29, 1.82) is 0 Å². The van der Waals surface area contributed by atoms with Crippen molar-refractivity contribution in [2.45, 2.75) is 18.5 Å². The third-order valence-corrected chi connectivity index (χ3v) is 5.20. The summed E-state index contributed by atoms with van der Waals surface area (Å²) in [5.41, 5.74) is 10.6. The van der Waals surface area contributed by atoms with Gasteiger partial charge in [-0.25, -0.2) is 9.78 Å². The number of amides is 2. The number of nitrogens with one attached hydrogen (secondary N) is 2. The van der Waals surface area contributed by atoms with Crippen LogP contribution < -0.4 is 16.4 Å². The van der Waals surface area contributed by atoms with Gasteiger partial charge in [-0.1, -0.05) is 29.8 Å². The maximum absolute atomic E-state index is 11.8. The molecule has 2 heterocycles. The molecule has 7 heteroatoms. The van der Waals surface area contributed by atoms with Crippen LogP contribution in [0.3, 0.4) is 0 Å². The second-order valence-electron chi connectivity index (χ2n) is 6.72. The van der Waals surface area contributed by atoms with E-state index >= 15 is 0 Å². The monoisotopic (exact) mass is 381 g/mol. The van der Waals surface area contributed by atoms with Crippen molar-refractivity contribution in [3.63, 3.8) is 0 Å². The highest BCUT2D eigenvalue weighted by Gasteiger charge is 2.29. The van der Waals surface area contributed by atoms with Crippen LogP contribution in [0.5, 0.6) is 0 Å². The summed E-state index contributed by atoms with van der Waals surface area (Å²) < 4.78 is 1.88. The summed E-state index contributed by atoms with van der Waals surface area (Å²) in [4.78, 5) is 16.0. The largest absolute Gasteiger partial charge is 0.384 e. The molecule has 4 rings (SSSR count). The number of urea groups is 1. The standard InChI is InChI=1S/C20H20ClN5O/c1-26-11-23-10-18(26)19(25-20(22)27)16-7-13-3-2-6-24-17(13)8-12-4-5-14(21)9-15(12)16/h2-7,9-11,17,19,24H,8H2,1H3,(H3,22,25,27). The Hall–Kier alpha value is -2.99. The molecule has 2 atom stereocenters. The molecule has 2 aromatic rings. The van der Waals surface area contributed by atoms with Crippen LogP contribution in [-0.2, 0) is 13.5 Å². The molecule has 2 aliphatic rings. The SMILES string of the molecule is Cn1cncc1C(NC(N)=O)C1=CC2=CC=CNC2Cc2ccc(Cl)cc21. The van der Waals surface area contributed by atoms with Gasteiger partial charge in [0.05, 0.1) is 30.3 Å². The van der Waals surface area contributed by atoms with Crippen molar-refractivity contribution in [2.24, 2.45) is 12.8 Å². The zero-order valence-corrected chi connectivity index (χ0v) is 15.6. The summed E-state index contributed by atoms with van der Waals surface area (Å²) >= 11 is 6.32. The molecule has 2 unspecified atom stereocenters. The lowest BCUT2D eigenvalue weighted by Crippen LogP contribution is -2.35. The normalized spacial score (nSPS) is 19.0. The van der Waals surface area contributed by atoms with E-state index in [2.05, 4.69) is 27.8 Å². The number of nitrogens with two attached hydrogens (primary N) is 1. The Morgan fingerprint density at radius 2 is 2.33 bits per heavy atom. The van der Waals surface area contributed by atoms with E-state index in [1.54, 1.807) is 12.5 Å². The fourth-order valence-electron chi connectivity index (χ4n) is 3.68. The number of dihydropyridines is 1. The van der Waals surface area contributed by atoms with Gasteiger partial charge in [-0.05, 0) is 53.1 Å². The predicted molar refractivity (Wildman–Crippen MR) is 106 cm³/mol. The Bertz CT molecular complexity index is 988. The third kappa shape index (κ3) is 3.36. The number of aromatic nitrogens is 2. The molecule has 1 aliphatic heterocycles. The maximum Gasteiger partial charge on any atom is 0.312 e. The van der Waals surface area contributed by atoms with Crippen LogP contribution in [0.2, 0.25) is 5.02 Å². The highest BCUT2D eigenvalue weighted by atomic mass is 35.5. The molecule has 1 aliphatic carbocycles. The van der Waals surface area contributed by atoms with Gasteiger partial charge in [-0.15, -0.1) is 0 Å². The van der Waals surface area contributed by atoms with Crippen LogP contribution >= 0.6 is 11.6 Å². The molecule has 138 valence electrons. The van der Waals surface area contributed by atoms with Gasteiger partial charge in [0, 0.05) is 12.1 Å². The molecule has 0 radical (unpaired) electrons. The molecular weight excluding hydrogens is 362 g/mol. The first kappa shape index (κ1) is 17.4. The summed E-state index contributed by atoms with van der Waals surface area (Å²) in [5, 5.41) is 6.93. The number of nitrogens with zero attached hydrogens (tertiary/aromatic N) is 2. The van der Waals surface area contributed by atoms with Gasteiger partial charge in [0.1, 0.15) is 0 Å². The lowest BCUT2D eigenvalue weighted by atomic mass is 9.92. The molecule has 27 heavy (non-hydrogen) atoms. The molecule has 0 fully saturated rings. The number of carbonyl (C=O) groups is 1. The third-order valence-electron chi connectivity index (χ3n) is 4.96. The lowest BCUT2D eigenvalue weighted by molar-refractivity contribution is 0.247. The topological polar surface area (TPSA) is 85.0 Å². The van der Waals surface area contributed by atoms with E-state index in [1.807, 2.05) is 42.1 Å². The Morgan fingerprint density at radius 1 is 1.48 bits per heavy atom. The average Bonchev–Trinajstić information content (AvgIpc) is 2.98. The summed E-state index contributed by atoms with van der Waals surface area (Å²) in [6.45, 7) is 0. The van der Waals surface area contributed by atoms with Crippen LogP contribution in [0.15, 0.2) is 60.7 Å². The summed E-state index contributed by atoms with van der Waals surface area (Å²) in [5.74, 6) is 0. The Morgan fingerprint density at radius 3 is 3.07 bits per heavy atom. The molecule has 6 nitrogen and oxygen atoms in total. The highest BCUT2D eigenvalue weighted by Crippen LogP contribution is 2.38. The molecule has 2 amide bonds. The fraction of sp³-hybridized carbons (Fsp3) is 0.200. The summed E-state index contributed by atoms with van der Waals surface area (Å²) in [6.07, 6.45) is 12.4. The van der Waals surface area contributed by atoms with Gasteiger partial charge in [0.2, 0.25) is 0 Å². The van der Waals surface area contributed by atoms with E-state index in [4.69, 9.17) is 17.3 Å². The molecule has 1 aromatic carbocycles. The zero-order valence-electron chi connectivity index (χ0n) is 14.8. The Labute approximate surface area is 162 Å². The second kappa shape index (κ2) is 6.96. The van der Waals surface area contributed by atoms with E-state index in [9.17, 15) is 4.79 Å². The summed E-state index contributed by atoms with van der Waals surface area (Å²) in [7, 11) is 1.89. The number of allylic oxidation sites excluding steroid dienone is 2. The highest BCUT2D eigenvalue weighted by molar-refractivity contribution is 6.30. The molecule has 0 spiro atoms. The Kier molecular flexibility index (Phi) is 4.49. The minimum absolute atomic E-state index is 0.160. The molecular formula is C20H20ClN5O. The smallest absolute Gasteiger partial charge is 0.312 e. The quantitative estimate of drug-likeness (QED) is 0.764. The molecule has 0 saturated heterocycles. The zero-order chi connectivity index (χ0) is 19.0. The number of benzene rings is 1. The molecule has 4 N–H and O–H groups in total. The Balaban J connectivity index is 1.93. The van der Waals surface area contributed by atoms with Crippen molar-refractivity contribution in [1.82, 2.24) is 20.2 Å².